The van der Waals surface area contributed by atoms with E-state index in [-0.39, 0.29) is 18.5 Å². The van der Waals surface area contributed by atoms with Crippen LogP contribution in [0.4, 0.5) is 4.79 Å². The van der Waals surface area contributed by atoms with Crippen molar-refractivity contribution in [2.24, 2.45) is 5.92 Å². The third-order valence-corrected chi connectivity index (χ3v) is 4.11. The molecular weight excluding hydrogens is 284 g/mol. The summed E-state index contributed by atoms with van der Waals surface area (Å²) in [4.78, 5) is 25.3. The van der Waals surface area contributed by atoms with Gasteiger partial charge in [0.2, 0.25) is 5.91 Å². The number of piperidine rings is 1. The van der Waals surface area contributed by atoms with Crippen LogP contribution in [-0.2, 0) is 16.0 Å². The van der Waals surface area contributed by atoms with Crippen molar-refractivity contribution in [1.29, 1.82) is 0 Å². The minimum Gasteiger partial charge on any atom is -0.464 e. The van der Waals surface area contributed by atoms with Crippen molar-refractivity contribution in [1.82, 2.24) is 10.2 Å². The number of nitrogens with one attached hydrogen (secondary N) is 1. The summed E-state index contributed by atoms with van der Waals surface area (Å²) in [5.41, 5.74) is 0. The Labute approximate surface area is 130 Å². The lowest BCUT2D eigenvalue weighted by Crippen LogP contribution is -2.45. The third-order valence-electron chi connectivity index (χ3n) is 4.11. The van der Waals surface area contributed by atoms with Crippen LogP contribution in [0.15, 0.2) is 16.5 Å². The molecular formula is C16H24N2O4. The van der Waals surface area contributed by atoms with Gasteiger partial charge in [0.05, 0.1) is 13.2 Å². The molecule has 1 aromatic heterocycles. The van der Waals surface area contributed by atoms with E-state index in [4.69, 9.17) is 4.42 Å². The fourth-order valence-electron chi connectivity index (χ4n) is 2.79. The molecule has 2 heterocycles. The number of carbonyl (C=O) groups is 2. The van der Waals surface area contributed by atoms with E-state index < -0.39 is 6.09 Å². The number of rotatable bonds is 4. The van der Waals surface area contributed by atoms with Crippen LogP contribution in [0.1, 0.15) is 44.3 Å². The van der Waals surface area contributed by atoms with E-state index in [0.717, 1.165) is 30.8 Å². The molecule has 1 aromatic rings. The Morgan fingerprint density at radius 2 is 2.23 bits per heavy atom. The van der Waals surface area contributed by atoms with Gasteiger partial charge in [-0.05, 0) is 30.9 Å². The van der Waals surface area contributed by atoms with E-state index in [1.165, 1.54) is 7.11 Å². The summed E-state index contributed by atoms with van der Waals surface area (Å²) in [6.07, 6.45) is 2.07. The number of methoxy groups -OCH3 is 1. The molecule has 6 heteroatoms. The van der Waals surface area contributed by atoms with Crippen molar-refractivity contribution in [3.63, 3.8) is 0 Å². The molecule has 0 spiro atoms. The fraction of sp³-hybridized carbons (Fsp3) is 0.625. The maximum Gasteiger partial charge on any atom is 0.407 e. The molecule has 1 N–H and O–H groups in total. The van der Waals surface area contributed by atoms with Crippen molar-refractivity contribution in [2.75, 3.05) is 20.2 Å². The first-order valence-electron chi connectivity index (χ1n) is 7.75. The maximum absolute atomic E-state index is 12.4. The average Bonchev–Trinajstić information content (AvgIpc) is 3.01. The highest BCUT2D eigenvalue weighted by Crippen LogP contribution is 2.34. The van der Waals surface area contributed by atoms with Gasteiger partial charge in [-0.2, -0.15) is 0 Å². The van der Waals surface area contributed by atoms with Crippen LogP contribution >= 0.6 is 0 Å². The highest BCUT2D eigenvalue weighted by molar-refractivity contribution is 5.82. The standard InChI is InChI=1S/C16H24N2O4/c1-4-12-5-6-14(22-12)13-9-11(2)7-8-18(13)15(19)10-17-16(20)21-3/h5-6,11,13H,4,7-10H2,1-3H3,(H,17,20)/t11-,13-/m0/s1. The maximum atomic E-state index is 12.4. The lowest BCUT2D eigenvalue weighted by molar-refractivity contribution is -0.135. The monoisotopic (exact) mass is 308 g/mol. The van der Waals surface area contributed by atoms with Crippen LogP contribution in [0.3, 0.4) is 0 Å². The van der Waals surface area contributed by atoms with Crippen LogP contribution in [0, 0.1) is 5.92 Å². The molecule has 6 nitrogen and oxygen atoms in total. The second-order valence-electron chi connectivity index (χ2n) is 5.74. The zero-order chi connectivity index (χ0) is 16.1. The van der Waals surface area contributed by atoms with Gasteiger partial charge < -0.3 is 19.4 Å². The number of aryl methyl sites for hydroxylation is 1. The van der Waals surface area contributed by atoms with Crippen LogP contribution in [0.2, 0.25) is 0 Å². The Kier molecular flexibility index (Phi) is 5.46. The number of likely N-dealkylation sites (tertiary alicyclic amines) is 1. The Morgan fingerprint density at radius 1 is 1.45 bits per heavy atom. The Morgan fingerprint density at radius 3 is 2.86 bits per heavy atom. The number of carbonyl (C=O) groups excluding carboxylic acids is 2. The molecule has 0 aromatic carbocycles. The van der Waals surface area contributed by atoms with E-state index in [1.807, 2.05) is 19.1 Å². The van der Waals surface area contributed by atoms with Crippen LogP contribution in [0.25, 0.3) is 0 Å². The van der Waals surface area contributed by atoms with Gasteiger partial charge in [0.1, 0.15) is 18.1 Å². The van der Waals surface area contributed by atoms with Gasteiger partial charge in [-0.1, -0.05) is 13.8 Å². The molecule has 1 aliphatic rings. The second kappa shape index (κ2) is 7.33. The van der Waals surface area contributed by atoms with Crippen LogP contribution in [-0.4, -0.2) is 37.1 Å². The van der Waals surface area contributed by atoms with E-state index in [2.05, 4.69) is 17.0 Å². The summed E-state index contributed by atoms with van der Waals surface area (Å²) in [5, 5.41) is 2.45. The van der Waals surface area contributed by atoms with Crippen molar-refractivity contribution < 1.29 is 18.7 Å². The molecule has 0 unspecified atom stereocenters. The number of amides is 2. The molecule has 2 amide bonds. The molecule has 2 atom stereocenters. The summed E-state index contributed by atoms with van der Waals surface area (Å²) in [7, 11) is 1.28. The lowest BCUT2D eigenvalue weighted by atomic mass is 9.91. The molecule has 0 radical (unpaired) electrons. The summed E-state index contributed by atoms with van der Waals surface area (Å²) >= 11 is 0. The topological polar surface area (TPSA) is 71.8 Å². The van der Waals surface area contributed by atoms with Crippen molar-refractivity contribution in [2.45, 2.75) is 39.2 Å². The molecule has 1 fully saturated rings. The number of ether oxygens (including phenoxy) is 1. The third kappa shape index (κ3) is 3.81. The molecule has 0 aliphatic carbocycles. The molecule has 0 saturated carbocycles. The average molecular weight is 308 g/mol. The summed E-state index contributed by atoms with van der Waals surface area (Å²) in [5.74, 6) is 2.18. The van der Waals surface area contributed by atoms with E-state index in [0.29, 0.717) is 12.5 Å². The number of furan rings is 1. The quantitative estimate of drug-likeness (QED) is 0.927. The van der Waals surface area contributed by atoms with E-state index in [1.54, 1.807) is 4.90 Å². The van der Waals surface area contributed by atoms with Gasteiger partial charge in [-0.25, -0.2) is 4.79 Å². The first-order chi connectivity index (χ1) is 10.5. The molecule has 0 bridgehead atoms. The van der Waals surface area contributed by atoms with Gasteiger partial charge in [0.25, 0.3) is 0 Å². The van der Waals surface area contributed by atoms with E-state index in [9.17, 15) is 9.59 Å². The van der Waals surface area contributed by atoms with Gasteiger partial charge in [-0.3, -0.25) is 4.79 Å². The number of hydrogen-bond acceptors (Lipinski definition) is 4. The minimum absolute atomic E-state index is 0.0566. The number of alkyl carbamates (subject to hydrolysis) is 1. The summed E-state index contributed by atoms with van der Waals surface area (Å²) < 4.78 is 10.3. The molecule has 122 valence electrons. The van der Waals surface area contributed by atoms with Gasteiger partial charge in [-0.15, -0.1) is 0 Å². The highest BCUT2D eigenvalue weighted by atomic mass is 16.5. The van der Waals surface area contributed by atoms with Gasteiger partial charge in [0.15, 0.2) is 0 Å². The van der Waals surface area contributed by atoms with Crippen molar-refractivity contribution in [3.05, 3.63) is 23.7 Å². The fourth-order valence-corrected chi connectivity index (χ4v) is 2.79. The first-order valence-corrected chi connectivity index (χ1v) is 7.75. The second-order valence-corrected chi connectivity index (χ2v) is 5.74. The molecule has 1 aliphatic heterocycles. The largest absolute Gasteiger partial charge is 0.464 e. The minimum atomic E-state index is -0.596. The smallest absolute Gasteiger partial charge is 0.407 e. The normalized spacial score (nSPS) is 21.5. The zero-order valence-corrected chi connectivity index (χ0v) is 13.4. The van der Waals surface area contributed by atoms with Gasteiger partial charge >= 0.3 is 6.09 Å². The summed E-state index contributed by atoms with van der Waals surface area (Å²) in [6, 6.07) is 3.86. The molecule has 1 saturated heterocycles. The Bertz CT molecular complexity index is 526. The first kappa shape index (κ1) is 16.4. The van der Waals surface area contributed by atoms with Crippen molar-refractivity contribution in [3.8, 4) is 0 Å². The zero-order valence-electron chi connectivity index (χ0n) is 13.4. The Balaban J connectivity index is 2.09. The number of nitrogens with zero attached hydrogens (tertiary/aromatic N) is 1. The molecule has 2 rings (SSSR count). The highest BCUT2D eigenvalue weighted by Gasteiger charge is 2.32. The SMILES string of the molecule is CCc1ccc([C@@H]2C[C@@H](C)CCN2C(=O)CNC(=O)OC)o1. The molecule has 22 heavy (non-hydrogen) atoms. The predicted molar refractivity (Wildman–Crippen MR) is 81.3 cm³/mol. The number of hydrogen-bond donors (Lipinski definition) is 1. The van der Waals surface area contributed by atoms with Crippen LogP contribution < -0.4 is 5.32 Å². The van der Waals surface area contributed by atoms with Crippen molar-refractivity contribution >= 4 is 12.0 Å². The predicted octanol–water partition coefficient (Wildman–Crippen LogP) is 2.50. The summed E-state index contributed by atoms with van der Waals surface area (Å²) in [6.45, 7) is 4.84. The van der Waals surface area contributed by atoms with E-state index >= 15 is 0 Å². The lowest BCUT2D eigenvalue weighted by Gasteiger charge is -2.37. The van der Waals surface area contributed by atoms with Gasteiger partial charge in [0, 0.05) is 13.0 Å². The Hall–Kier alpha value is -1.98. The van der Waals surface area contributed by atoms with Crippen LogP contribution in [0.5, 0.6) is 0 Å².